The molecule has 0 aromatic heterocycles. The zero-order valence-corrected chi connectivity index (χ0v) is 12.4. The summed E-state index contributed by atoms with van der Waals surface area (Å²) in [5.74, 6) is 0. The van der Waals surface area contributed by atoms with Crippen LogP contribution >= 0.6 is 0 Å². The van der Waals surface area contributed by atoms with Gasteiger partial charge in [0.2, 0.25) is 0 Å². The van der Waals surface area contributed by atoms with E-state index in [0.29, 0.717) is 0 Å². The normalized spacial score (nSPS) is 21.1. The van der Waals surface area contributed by atoms with Crippen LogP contribution in [-0.4, -0.2) is 55.8 Å². The molecule has 0 aromatic rings. The lowest BCUT2D eigenvalue weighted by Gasteiger charge is -2.30. The van der Waals surface area contributed by atoms with E-state index >= 15 is 0 Å². The predicted molar refractivity (Wildman–Crippen MR) is 80.2 cm³/mol. The zero-order chi connectivity index (χ0) is 13.5. The molecular weight excluding hydrogens is 222 g/mol. The molecule has 0 N–H and O–H groups in total. The third kappa shape index (κ3) is 5.15. The Labute approximate surface area is 112 Å². The highest BCUT2D eigenvalue weighted by Gasteiger charge is 2.18. The Morgan fingerprint density at radius 1 is 1.50 bits per heavy atom. The number of piperidine rings is 1. The minimum atomic E-state index is 0.964. The summed E-state index contributed by atoms with van der Waals surface area (Å²) >= 11 is 0. The van der Waals surface area contributed by atoms with Crippen molar-refractivity contribution >= 4 is 5.71 Å². The van der Waals surface area contributed by atoms with Gasteiger partial charge in [-0.3, -0.25) is 9.89 Å². The maximum absolute atomic E-state index is 4.68. The molecule has 1 heterocycles. The first kappa shape index (κ1) is 15.1. The first-order chi connectivity index (χ1) is 8.52. The molecule has 1 fully saturated rings. The van der Waals surface area contributed by atoms with E-state index in [1.54, 1.807) is 0 Å². The summed E-state index contributed by atoms with van der Waals surface area (Å²) in [6, 6.07) is 0. The third-order valence-electron chi connectivity index (χ3n) is 3.16. The van der Waals surface area contributed by atoms with Crippen LogP contribution in [0.25, 0.3) is 0 Å². The standard InChI is InChI=1S/C15H27N3/c1-6-7-14(3)16-15-8-9-18(12-13(15)2)11-10-17(4)5/h7H,2,6,8-12H2,1,3-5H3. The van der Waals surface area contributed by atoms with E-state index in [4.69, 9.17) is 0 Å². The van der Waals surface area contributed by atoms with Crippen molar-refractivity contribution in [1.82, 2.24) is 9.80 Å². The van der Waals surface area contributed by atoms with Crippen molar-refractivity contribution in [3.05, 3.63) is 23.9 Å². The number of hydrogen-bond acceptors (Lipinski definition) is 3. The first-order valence-corrected chi connectivity index (χ1v) is 6.82. The Kier molecular flexibility index (Phi) is 6.30. The predicted octanol–water partition coefficient (Wildman–Crippen LogP) is 2.56. The van der Waals surface area contributed by atoms with Gasteiger partial charge in [-0.15, -0.1) is 0 Å². The number of hydrogen-bond donors (Lipinski definition) is 0. The zero-order valence-electron chi connectivity index (χ0n) is 12.4. The van der Waals surface area contributed by atoms with E-state index in [1.165, 1.54) is 11.3 Å². The summed E-state index contributed by atoms with van der Waals surface area (Å²) in [5.41, 5.74) is 3.50. The largest absolute Gasteiger partial charge is 0.308 e. The van der Waals surface area contributed by atoms with E-state index in [1.807, 2.05) is 0 Å². The topological polar surface area (TPSA) is 18.8 Å². The van der Waals surface area contributed by atoms with Gasteiger partial charge in [-0.05, 0) is 33.0 Å². The van der Waals surface area contributed by atoms with Crippen LogP contribution in [0.5, 0.6) is 0 Å². The molecule has 0 unspecified atom stereocenters. The van der Waals surface area contributed by atoms with Crippen LogP contribution in [0.1, 0.15) is 26.7 Å². The summed E-state index contributed by atoms with van der Waals surface area (Å²) in [5, 5.41) is 0. The molecule has 0 spiro atoms. The van der Waals surface area contributed by atoms with Gasteiger partial charge in [0, 0.05) is 44.0 Å². The van der Waals surface area contributed by atoms with Crippen molar-refractivity contribution in [1.29, 1.82) is 0 Å². The summed E-state index contributed by atoms with van der Waals surface area (Å²) in [6.45, 7) is 12.7. The smallest absolute Gasteiger partial charge is 0.0458 e. The van der Waals surface area contributed by atoms with E-state index in [-0.39, 0.29) is 0 Å². The number of aliphatic imine (C=N–C) groups is 1. The third-order valence-corrected chi connectivity index (χ3v) is 3.16. The van der Waals surface area contributed by atoms with Gasteiger partial charge in [-0.25, -0.2) is 0 Å². The van der Waals surface area contributed by atoms with Crippen LogP contribution in [0.2, 0.25) is 0 Å². The van der Waals surface area contributed by atoms with Crippen LogP contribution in [0.4, 0.5) is 0 Å². The van der Waals surface area contributed by atoms with E-state index < -0.39 is 0 Å². The molecule has 1 rings (SSSR count). The Morgan fingerprint density at radius 3 is 2.78 bits per heavy atom. The lowest BCUT2D eigenvalue weighted by Crippen LogP contribution is -2.39. The van der Waals surface area contributed by atoms with Crippen LogP contribution in [0.3, 0.4) is 0 Å². The molecule has 0 aromatic carbocycles. The molecule has 0 saturated carbocycles. The number of nitrogens with zero attached hydrogens (tertiary/aromatic N) is 3. The van der Waals surface area contributed by atoms with Gasteiger partial charge >= 0.3 is 0 Å². The van der Waals surface area contributed by atoms with Crippen LogP contribution < -0.4 is 0 Å². The fraction of sp³-hybridized carbons (Fsp3) is 0.667. The molecule has 18 heavy (non-hydrogen) atoms. The molecule has 0 aliphatic carbocycles. The highest BCUT2D eigenvalue weighted by atomic mass is 15.2. The summed E-state index contributed by atoms with van der Waals surface area (Å²) in [6.07, 6.45) is 4.24. The molecule has 1 aliphatic heterocycles. The molecule has 1 saturated heterocycles. The van der Waals surface area contributed by atoms with E-state index in [9.17, 15) is 0 Å². The maximum Gasteiger partial charge on any atom is 0.0458 e. The van der Waals surface area contributed by atoms with Gasteiger partial charge in [0.1, 0.15) is 0 Å². The highest BCUT2D eigenvalue weighted by Crippen LogP contribution is 2.14. The van der Waals surface area contributed by atoms with E-state index in [0.717, 1.165) is 44.7 Å². The molecule has 3 heteroatoms. The van der Waals surface area contributed by atoms with Gasteiger partial charge in [-0.2, -0.15) is 0 Å². The van der Waals surface area contributed by atoms with Crippen molar-refractivity contribution in [2.75, 3.05) is 40.3 Å². The number of likely N-dealkylation sites (N-methyl/N-ethyl adjacent to an activating group) is 1. The van der Waals surface area contributed by atoms with Gasteiger partial charge in [0.15, 0.2) is 0 Å². The van der Waals surface area contributed by atoms with Crippen molar-refractivity contribution in [3.63, 3.8) is 0 Å². The van der Waals surface area contributed by atoms with Gasteiger partial charge < -0.3 is 4.90 Å². The summed E-state index contributed by atoms with van der Waals surface area (Å²) in [4.78, 5) is 9.36. The summed E-state index contributed by atoms with van der Waals surface area (Å²) in [7, 11) is 4.23. The average molecular weight is 249 g/mol. The van der Waals surface area contributed by atoms with Crippen molar-refractivity contribution in [2.45, 2.75) is 26.7 Å². The monoisotopic (exact) mass is 249 g/mol. The Hall–Kier alpha value is -0.930. The van der Waals surface area contributed by atoms with Gasteiger partial charge in [0.05, 0.1) is 0 Å². The van der Waals surface area contributed by atoms with Gasteiger partial charge in [-0.1, -0.05) is 19.6 Å². The molecule has 3 nitrogen and oxygen atoms in total. The lowest BCUT2D eigenvalue weighted by molar-refractivity contribution is 0.258. The fourth-order valence-corrected chi connectivity index (χ4v) is 2.10. The van der Waals surface area contributed by atoms with Crippen LogP contribution in [0, 0.1) is 0 Å². The fourth-order valence-electron chi connectivity index (χ4n) is 2.10. The molecule has 0 amide bonds. The first-order valence-electron chi connectivity index (χ1n) is 6.82. The van der Waals surface area contributed by atoms with Crippen molar-refractivity contribution in [2.24, 2.45) is 4.99 Å². The quantitative estimate of drug-likeness (QED) is 0.746. The van der Waals surface area contributed by atoms with Crippen molar-refractivity contribution in [3.8, 4) is 0 Å². The van der Waals surface area contributed by atoms with Crippen LogP contribution in [0.15, 0.2) is 28.9 Å². The van der Waals surface area contributed by atoms with E-state index in [2.05, 4.69) is 55.4 Å². The second kappa shape index (κ2) is 7.49. The molecule has 0 bridgehead atoms. The summed E-state index contributed by atoms with van der Waals surface area (Å²) < 4.78 is 0. The SMILES string of the molecule is C=C1CN(CCN(C)C)CCC1=NC(C)=CCC. The van der Waals surface area contributed by atoms with Gasteiger partial charge in [0.25, 0.3) is 0 Å². The van der Waals surface area contributed by atoms with Crippen molar-refractivity contribution < 1.29 is 0 Å². The average Bonchev–Trinajstić information content (AvgIpc) is 2.30. The Bertz CT molecular complexity index is 340. The Morgan fingerprint density at radius 2 is 2.22 bits per heavy atom. The van der Waals surface area contributed by atoms with Crippen LogP contribution in [-0.2, 0) is 0 Å². The molecular formula is C15H27N3. The maximum atomic E-state index is 4.68. The molecule has 1 aliphatic rings. The molecule has 0 atom stereocenters. The molecule has 102 valence electrons. The minimum Gasteiger partial charge on any atom is -0.308 e. The second-order valence-corrected chi connectivity index (χ2v) is 5.25. The second-order valence-electron chi connectivity index (χ2n) is 5.25. The number of likely N-dealkylation sites (tertiary alicyclic amines) is 1. The highest BCUT2D eigenvalue weighted by molar-refractivity contribution is 6.01. The molecule has 0 radical (unpaired) electrons. The Balaban J connectivity index is 2.51. The number of allylic oxidation sites excluding steroid dienone is 2. The minimum absolute atomic E-state index is 0.964. The number of rotatable bonds is 5. The lowest BCUT2D eigenvalue weighted by atomic mass is 10.0.